The van der Waals surface area contributed by atoms with Crippen LogP contribution in [-0.4, -0.2) is 352 Å². The number of ether oxygens (including phenoxy) is 12. The quantitative estimate of drug-likeness (QED) is 0.0240. The first kappa shape index (κ1) is 99.8. The number of aliphatic hydroxyl groups excluding tert-OH is 18. The molecule has 0 aromatic heterocycles. The van der Waals surface area contributed by atoms with Crippen LogP contribution in [-0.2, 0) is 71.2 Å². The highest BCUT2D eigenvalue weighted by atomic mass is 16.8. The standard InChI is InChI=1S/C78H141N3O33/c1-5-7-9-11-13-15-17-19-20-21-22-24-26-28-30-32-34-36-54(91)81-46(47(90)35-33-31-29-27-25-23-18-16-14-12-10-8-6-2)43-103-75-65(100)63(98)70(53(42-87)109-75)112-78-67(102)72(59(94)50(39-84)106-78)114-74-56(80-45(4)89)61(96)69(52(41-86)108-74)111-77-66(101)71(58(93)49(38-83)105-77)113-73-55(79-44(3)88)60(95)68(51(40-85)107-73)110-76-64(99)62(97)57(92)48(37-82)104-76/h33,35,46-53,55-78,82-87,90,92-102H,5-32,34,36-43H2,1-4H3,(H,79,88)(H,80,89)(H,81,91)/b35-33+/t46-,47+,48?,49?,50?,51?,52?,53?,55?,56?,57-,58-,59-,60+,61+,62-,63+,64?,65?,66?,67?,68+,69+,70+,71-,72-,73-,74-,75+,76-,77-,78-/m0/s1. The van der Waals surface area contributed by atoms with Crippen molar-refractivity contribution in [3.63, 3.8) is 0 Å². The van der Waals surface area contributed by atoms with E-state index >= 15 is 0 Å². The topological polar surface area (TPSA) is 562 Å². The van der Waals surface area contributed by atoms with E-state index in [0.29, 0.717) is 12.8 Å². The smallest absolute Gasteiger partial charge is 0.220 e. The van der Waals surface area contributed by atoms with Crippen LogP contribution in [0.1, 0.15) is 220 Å². The molecule has 3 amide bonds. The minimum Gasteiger partial charge on any atom is -0.394 e. The summed E-state index contributed by atoms with van der Waals surface area (Å²) >= 11 is 0. The summed E-state index contributed by atoms with van der Waals surface area (Å²) in [4.78, 5) is 39.1. The summed E-state index contributed by atoms with van der Waals surface area (Å²) in [5.41, 5.74) is 0. The first-order valence-electron chi connectivity index (χ1n) is 42.0. The molecule has 21 N–H and O–H groups in total. The molecular formula is C78H141N3O33. The monoisotopic (exact) mass is 1650 g/mol. The zero-order valence-electron chi connectivity index (χ0n) is 67.0. The molecule has 0 saturated carbocycles. The fraction of sp³-hybridized carbons (Fsp3) is 0.936. The van der Waals surface area contributed by atoms with Crippen molar-refractivity contribution in [2.24, 2.45) is 0 Å². The molecule has 0 aromatic carbocycles. The highest BCUT2D eigenvalue weighted by Crippen LogP contribution is 2.38. The molecule has 0 spiro atoms. The van der Waals surface area contributed by atoms with E-state index in [2.05, 4.69) is 29.8 Å². The Morgan fingerprint density at radius 1 is 0.342 bits per heavy atom. The molecule has 6 aliphatic heterocycles. The molecule has 666 valence electrons. The van der Waals surface area contributed by atoms with Crippen molar-refractivity contribution >= 4 is 17.7 Å². The van der Waals surface area contributed by atoms with Crippen LogP contribution >= 0.6 is 0 Å². The lowest BCUT2D eigenvalue weighted by Crippen LogP contribution is -2.70. The van der Waals surface area contributed by atoms with Crippen LogP contribution in [0.5, 0.6) is 0 Å². The van der Waals surface area contributed by atoms with Gasteiger partial charge >= 0.3 is 0 Å². The second-order valence-corrected chi connectivity index (χ2v) is 31.4. The lowest BCUT2D eigenvalue weighted by Gasteiger charge is -2.51. The molecule has 32 atom stereocenters. The zero-order valence-corrected chi connectivity index (χ0v) is 67.0. The summed E-state index contributed by atoms with van der Waals surface area (Å²) < 4.78 is 70.8. The Kier molecular flexibility index (Phi) is 47.0. The molecule has 36 nitrogen and oxygen atoms in total. The summed E-state index contributed by atoms with van der Waals surface area (Å²) in [6, 6.07) is -4.66. The van der Waals surface area contributed by atoms with Gasteiger partial charge in [-0.1, -0.05) is 193 Å². The summed E-state index contributed by atoms with van der Waals surface area (Å²) in [7, 11) is 0. The van der Waals surface area contributed by atoms with Crippen molar-refractivity contribution in [3.05, 3.63) is 12.2 Å². The molecule has 0 aliphatic carbocycles. The number of amides is 3. The number of unbranched alkanes of at least 4 members (excludes halogenated alkanes) is 27. The second-order valence-electron chi connectivity index (χ2n) is 31.4. The van der Waals surface area contributed by atoms with Crippen LogP contribution in [0.3, 0.4) is 0 Å². The van der Waals surface area contributed by atoms with Gasteiger partial charge in [0.2, 0.25) is 17.7 Å². The summed E-state index contributed by atoms with van der Waals surface area (Å²) in [6.07, 6.45) is -17.7. The zero-order chi connectivity index (χ0) is 83.4. The van der Waals surface area contributed by atoms with Crippen molar-refractivity contribution in [1.82, 2.24) is 16.0 Å². The largest absolute Gasteiger partial charge is 0.394 e. The van der Waals surface area contributed by atoms with E-state index in [1.165, 1.54) is 122 Å². The molecule has 6 saturated heterocycles. The van der Waals surface area contributed by atoms with Gasteiger partial charge in [0.1, 0.15) is 146 Å². The minimum absolute atomic E-state index is 0.176. The predicted molar refractivity (Wildman–Crippen MR) is 403 cm³/mol. The normalized spacial score (nSPS) is 36.8. The summed E-state index contributed by atoms with van der Waals surface area (Å²) in [5, 5.41) is 208. The van der Waals surface area contributed by atoms with E-state index in [4.69, 9.17) is 56.8 Å². The number of rotatable bonds is 54. The number of hydrogen-bond acceptors (Lipinski definition) is 33. The molecule has 6 aliphatic rings. The first-order chi connectivity index (χ1) is 54.8. The van der Waals surface area contributed by atoms with Crippen LogP contribution in [0.15, 0.2) is 12.2 Å². The van der Waals surface area contributed by atoms with Crippen LogP contribution in [0.4, 0.5) is 0 Å². The van der Waals surface area contributed by atoms with Gasteiger partial charge in [-0.05, 0) is 19.3 Å². The van der Waals surface area contributed by atoms with Crippen molar-refractivity contribution in [2.45, 2.75) is 417 Å². The average Bonchev–Trinajstić information content (AvgIpc) is 0.773. The number of aliphatic hydroxyl groups is 18. The Balaban J connectivity index is 1.08. The second kappa shape index (κ2) is 53.7. The SMILES string of the molecule is CCCCCCCCCCCCC/C=C/[C@@H](O)[C@H](CO[C@@H]1OC(CO)[C@@H](O[C@@H]2OC(CO)[C@H](O)[C@H](O[C@@H]3OC(CO)[C@@H](O[C@@H]4OC(CO)[C@H](O)[C@H](O[C@@H]5OC(CO)[C@@H](O[C@@H]6OC(CO)[C@H](O)[C@H](O)C6O)[C@H](O)C5NC(C)=O)C4O)[C@H](O)C3NC(C)=O)C2O)[C@H](O)C1O)NC(=O)CCCCCCCCCCCCCCCCCCC. The van der Waals surface area contributed by atoms with Crippen molar-refractivity contribution in [2.75, 3.05) is 46.2 Å². The van der Waals surface area contributed by atoms with Gasteiger partial charge in [-0.2, -0.15) is 0 Å². The summed E-state index contributed by atoms with van der Waals surface area (Å²) in [5.74, 6) is -2.04. The molecule has 0 bridgehead atoms. The molecule has 12 unspecified atom stereocenters. The van der Waals surface area contributed by atoms with Gasteiger partial charge in [0, 0.05) is 20.3 Å². The number of carbonyl (C=O) groups is 3. The van der Waals surface area contributed by atoms with Crippen LogP contribution in [0, 0.1) is 0 Å². The third-order valence-corrected chi connectivity index (χ3v) is 22.2. The van der Waals surface area contributed by atoms with Gasteiger partial charge in [0.15, 0.2) is 37.7 Å². The molecule has 6 heterocycles. The molecule has 36 heteroatoms. The Hall–Kier alpha value is -3.05. The molecular weight excluding hydrogens is 1510 g/mol. The van der Waals surface area contributed by atoms with Crippen LogP contribution in [0.2, 0.25) is 0 Å². The molecule has 6 rings (SSSR count). The van der Waals surface area contributed by atoms with E-state index in [1.807, 2.05) is 6.08 Å². The first-order valence-corrected chi connectivity index (χ1v) is 42.0. The molecule has 0 radical (unpaired) electrons. The maximum absolute atomic E-state index is 13.6. The fourth-order valence-electron chi connectivity index (χ4n) is 15.5. The molecule has 0 aromatic rings. The maximum atomic E-state index is 13.6. The van der Waals surface area contributed by atoms with Crippen molar-refractivity contribution in [3.8, 4) is 0 Å². The number of carbonyl (C=O) groups excluding carboxylic acids is 3. The average molecular weight is 1650 g/mol. The maximum Gasteiger partial charge on any atom is 0.220 e. The Labute approximate surface area is 669 Å². The highest BCUT2D eigenvalue weighted by Gasteiger charge is 2.59. The lowest BCUT2D eigenvalue weighted by molar-refractivity contribution is -0.387. The van der Waals surface area contributed by atoms with Crippen LogP contribution in [0.25, 0.3) is 0 Å². The van der Waals surface area contributed by atoms with E-state index < -0.39 is 254 Å². The number of hydrogen-bond donors (Lipinski definition) is 21. The van der Waals surface area contributed by atoms with Crippen LogP contribution < -0.4 is 16.0 Å². The van der Waals surface area contributed by atoms with E-state index in [-0.39, 0.29) is 12.3 Å². The van der Waals surface area contributed by atoms with Gasteiger partial charge < -0.3 is 165 Å². The summed E-state index contributed by atoms with van der Waals surface area (Å²) in [6.45, 7) is 0.0932. The van der Waals surface area contributed by atoms with Gasteiger partial charge in [0.05, 0.1) is 58.4 Å². The van der Waals surface area contributed by atoms with Gasteiger partial charge in [-0.15, -0.1) is 0 Å². The fourth-order valence-corrected chi connectivity index (χ4v) is 15.5. The Morgan fingerprint density at radius 3 is 1.02 bits per heavy atom. The number of allylic oxidation sites excluding steroid dienone is 1. The lowest BCUT2D eigenvalue weighted by atomic mass is 9.93. The molecule has 114 heavy (non-hydrogen) atoms. The van der Waals surface area contributed by atoms with Crippen molar-refractivity contribution in [1.29, 1.82) is 0 Å². The van der Waals surface area contributed by atoms with Gasteiger partial charge in [-0.25, -0.2) is 0 Å². The predicted octanol–water partition coefficient (Wildman–Crippen LogP) is -1.64. The Bertz CT molecular complexity index is 2630. The third-order valence-electron chi connectivity index (χ3n) is 22.2. The van der Waals surface area contributed by atoms with E-state index in [9.17, 15) is 106 Å². The molecule has 6 fully saturated rings. The third kappa shape index (κ3) is 30.5. The van der Waals surface area contributed by atoms with Gasteiger partial charge in [0.25, 0.3) is 0 Å². The van der Waals surface area contributed by atoms with E-state index in [1.54, 1.807) is 6.08 Å². The number of nitrogens with one attached hydrogen (secondary N) is 3. The Morgan fingerprint density at radius 2 is 0.649 bits per heavy atom. The minimum atomic E-state index is -2.24. The van der Waals surface area contributed by atoms with Gasteiger partial charge in [-0.3, -0.25) is 14.4 Å². The van der Waals surface area contributed by atoms with Crippen molar-refractivity contribution < 1.29 is 163 Å². The highest BCUT2D eigenvalue weighted by molar-refractivity contribution is 5.76. The van der Waals surface area contributed by atoms with E-state index in [0.717, 1.165) is 65.2 Å².